The van der Waals surface area contributed by atoms with Gasteiger partial charge in [0.25, 0.3) is 0 Å². The van der Waals surface area contributed by atoms with Crippen molar-refractivity contribution < 1.29 is 4.39 Å². The molecule has 4 heteroatoms. The Morgan fingerprint density at radius 2 is 2.00 bits per heavy atom. The highest BCUT2D eigenvalue weighted by atomic mass is 19.1. The predicted octanol–water partition coefficient (Wildman–Crippen LogP) is 4.82. The molecule has 124 valence electrons. The second-order valence-corrected chi connectivity index (χ2v) is 7.60. The number of hydrogen-bond acceptors (Lipinski definition) is 3. The molecule has 3 rings (SSSR count). The Hall–Kier alpha value is -2.28. The second kappa shape index (κ2) is 5.98. The van der Waals surface area contributed by atoms with Gasteiger partial charge in [-0.25, -0.2) is 4.39 Å². The number of aryl methyl sites for hydroxylation is 1. The van der Waals surface area contributed by atoms with E-state index in [1.807, 2.05) is 6.07 Å². The van der Waals surface area contributed by atoms with E-state index in [1.54, 1.807) is 18.2 Å². The van der Waals surface area contributed by atoms with Crippen LogP contribution < -0.4 is 0 Å². The van der Waals surface area contributed by atoms with Crippen molar-refractivity contribution in [3.05, 3.63) is 47.4 Å². The van der Waals surface area contributed by atoms with E-state index in [-0.39, 0.29) is 16.6 Å². The van der Waals surface area contributed by atoms with Gasteiger partial charge in [0.05, 0.1) is 17.5 Å². The van der Waals surface area contributed by atoms with Crippen molar-refractivity contribution in [1.29, 1.82) is 5.26 Å². The maximum Gasteiger partial charge on any atom is 0.132 e. The fourth-order valence-corrected chi connectivity index (χ4v) is 3.83. The molecule has 0 spiro atoms. The van der Waals surface area contributed by atoms with Gasteiger partial charge in [-0.15, -0.1) is 0 Å². The number of aromatic nitrogens is 2. The fraction of sp³-hybridized carbons (Fsp3) is 0.450. The second-order valence-electron chi connectivity index (χ2n) is 7.60. The number of halogens is 1. The number of benzene rings is 1. The van der Waals surface area contributed by atoms with Gasteiger partial charge in [-0.3, -0.25) is 0 Å². The van der Waals surface area contributed by atoms with E-state index in [0.29, 0.717) is 17.7 Å². The molecule has 0 aliphatic heterocycles. The van der Waals surface area contributed by atoms with Crippen molar-refractivity contribution in [2.75, 3.05) is 0 Å². The standard InChI is InChI=1S/C20H22FN3/c1-19(2,3)20(11-12-22)10-6-7-14-13-17(23-24-18(14)20)15-8-4-5-9-16(15)21/h4-5,8-9,13H,6-7,10-11H2,1-3H3/t20-/m1/s1. The van der Waals surface area contributed by atoms with Crippen LogP contribution in [0.2, 0.25) is 0 Å². The summed E-state index contributed by atoms with van der Waals surface area (Å²) < 4.78 is 14.1. The minimum absolute atomic E-state index is 0.0912. The van der Waals surface area contributed by atoms with Crippen LogP contribution in [0.15, 0.2) is 30.3 Å². The van der Waals surface area contributed by atoms with Crippen LogP contribution in [-0.2, 0) is 11.8 Å². The van der Waals surface area contributed by atoms with Gasteiger partial charge < -0.3 is 0 Å². The smallest absolute Gasteiger partial charge is 0.132 e. The molecule has 0 bridgehead atoms. The molecule has 2 aromatic rings. The van der Waals surface area contributed by atoms with Crippen LogP contribution in [0.25, 0.3) is 11.3 Å². The summed E-state index contributed by atoms with van der Waals surface area (Å²) in [6.07, 6.45) is 3.27. The van der Waals surface area contributed by atoms with Crippen molar-refractivity contribution in [2.45, 2.75) is 51.9 Å². The third-order valence-corrected chi connectivity index (χ3v) is 5.34. The monoisotopic (exact) mass is 323 g/mol. The Balaban J connectivity index is 2.14. The molecule has 0 fully saturated rings. The first-order valence-corrected chi connectivity index (χ1v) is 8.38. The third kappa shape index (κ3) is 2.58. The maximum absolute atomic E-state index is 14.1. The average molecular weight is 323 g/mol. The first kappa shape index (κ1) is 16.6. The van der Waals surface area contributed by atoms with E-state index in [1.165, 1.54) is 6.07 Å². The highest BCUT2D eigenvalue weighted by molar-refractivity contribution is 5.60. The molecule has 24 heavy (non-hydrogen) atoms. The largest absolute Gasteiger partial charge is 0.206 e. The van der Waals surface area contributed by atoms with Crippen LogP contribution in [0.5, 0.6) is 0 Å². The Morgan fingerprint density at radius 1 is 1.25 bits per heavy atom. The van der Waals surface area contributed by atoms with Crippen molar-refractivity contribution in [1.82, 2.24) is 10.2 Å². The van der Waals surface area contributed by atoms with E-state index in [2.05, 4.69) is 37.0 Å². The molecule has 1 aromatic carbocycles. The van der Waals surface area contributed by atoms with Gasteiger partial charge in [0.2, 0.25) is 0 Å². The molecule has 0 amide bonds. The number of nitriles is 1. The summed E-state index contributed by atoms with van der Waals surface area (Å²) in [4.78, 5) is 0. The minimum Gasteiger partial charge on any atom is -0.206 e. The summed E-state index contributed by atoms with van der Waals surface area (Å²) in [6.45, 7) is 6.48. The Kier molecular flexibility index (Phi) is 4.13. The zero-order chi connectivity index (χ0) is 17.4. The molecule has 1 aliphatic carbocycles. The van der Waals surface area contributed by atoms with Crippen LogP contribution in [-0.4, -0.2) is 10.2 Å². The lowest BCUT2D eigenvalue weighted by atomic mass is 9.57. The highest BCUT2D eigenvalue weighted by Gasteiger charge is 2.47. The van der Waals surface area contributed by atoms with Gasteiger partial charge in [0.15, 0.2) is 0 Å². The zero-order valence-electron chi connectivity index (χ0n) is 14.4. The number of hydrogen-bond donors (Lipinski definition) is 0. The van der Waals surface area contributed by atoms with E-state index < -0.39 is 0 Å². The van der Waals surface area contributed by atoms with Gasteiger partial charge in [-0.2, -0.15) is 15.5 Å². The summed E-state index contributed by atoms with van der Waals surface area (Å²) in [5.74, 6) is -0.290. The van der Waals surface area contributed by atoms with Crippen LogP contribution in [0, 0.1) is 22.6 Å². The number of nitrogens with zero attached hydrogens (tertiary/aromatic N) is 3. The van der Waals surface area contributed by atoms with Gasteiger partial charge in [-0.1, -0.05) is 32.9 Å². The van der Waals surface area contributed by atoms with Crippen molar-refractivity contribution >= 4 is 0 Å². The van der Waals surface area contributed by atoms with E-state index in [0.717, 1.165) is 30.5 Å². The summed E-state index contributed by atoms with van der Waals surface area (Å²) in [5.41, 5.74) is 2.67. The topological polar surface area (TPSA) is 49.6 Å². The average Bonchev–Trinajstić information content (AvgIpc) is 2.54. The fourth-order valence-electron chi connectivity index (χ4n) is 3.83. The zero-order valence-corrected chi connectivity index (χ0v) is 14.4. The highest BCUT2D eigenvalue weighted by Crippen LogP contribution is 2.50. The van der Waals surface area contributed by atoms with Crippen LogP contribution >= 0.6 is 0 Å². The van der Waals surface area contributed by atoms with Gasteiger partial charge in [0.1, 0.15) is 5.82 Å². The predicted molar refractivity (Wildman–Crippen MR) is 91.7 cm³/mol. The van der Waals surface area contributed by atoms with E-state index in [4.69, 9.17) is 0 Å². The summed E-state index contributed by atoms with van der Waals surface area (Å²) in [5, 5.41) is 18.2. The lowest BCUT2D eigenvalue weighted by Gasteiger charge is -2.46. The van der Waals surface area contributed by atoms with Crippen molar-refractivity contribution in [3.8, 4) is 17.3 Å². The van der Waals surface area contributed by atoms with Gasteiger partial charge in [-0.05, 0) is 48.4 Å². The molecular weight excluding hydrogens is 301 g/mol. The number of fused-ring (bicyclic) bond motifs is 1. The van der Waals surface area contributed by atoms with Crippen molar-refractivity contribution in [2.24, 2.45) is 5.41 Å². The normalized spacial score (nSPS) is 20.3. The van der Waals surface area contributed by atoms with Crippen molar-refractivity contribution in [3.63, 3.8) is 0 Å². The summed E-state index contributed by atoms with van der Waals surface area (Å²) >= 11 is 0. The molecule has 1 aromatic heterocycles. The molecule has 3 nitrogen and oxygen atoms in total. The summed E-state index contributed by atoms with van der Waals surface area (Å²) in [7, 11) is 0. The molecule has 1 heterocycles. The van der Waals surface area contributed by atoms with Crippen LogP contribution in [0.1, 0.15) is 51.3 Å². The molecular formula is C20H22FN3. The van der Waals surface area contributed by atoms with Crippen LogP contribution in [0.3, 0.4) is 0 Å². The molecule has 1 atom stereocenters. The molecule has 0 saturated heterocycles. The quantitative estimate of drug-likeness (QED) is 0.796. The molecule has 1 aliphatic rings. The van der Waals surface area contributed by atoms with Gasteiger partial charge >= 0.3 is 0 Å². The maximum atomic E-state index is 14.1. The lowest BCUT2D eigenvalue weighted by molar-refractivity contribution is 0.151. The van der Waals surface area contributed by atoms with E-state index in [9.17, 15) is 9.65 Å². The Bertz CT molecular complexity index is 801. The molecule has 0 radical (unpaired) electrons. The van der Waals surface area contributed by atoms with E-state index >= 15 is 0 Å². The molecule has 0 unspecified atom stereocenters. The summed E-state index contributed by atoms with van der Waals surface area (Å²) in [6, 6.07) is 10.9. The Morgan fingerprint density at radius 3 is 2.67 bits per heavy atom. The number of rotatable bonds is 2. The minimum atomic E-state index is -0.296. The molecule has 0 N–H and O–H groups in total. The third-order valence-electron chi connectivity index (χ3n) is 5.34. The first-order valence-electron chi connectivity index (χ1n) is 8.38. The first-order chi connectivity index (χ1) is 11.4. The van der Waals surface area contributed by atoms with Gasteiger partial charge in [0, 0.05) is 17.4 Å². The van der Waals surface area contributed by atoms with Crippen LogP contribution in [0.4, 0.5) is 4.39 Å². The Labute approximate surface area is 142 Å². The SMILES string of the molecule is CC(C)(C)[C@@]1(CC#N)CCCc2cc(-c3ccccc3F)nnc21. The molecule has 0 saturated carbocycles. The lowest BCUT2D eigenvalue weighted by Crippen LogP contribution is -2.43.